The second-order valence-corrected chi connectivity index (χ2v) is 7.77. The lowest BCUT2D eigenvalue weighted by Gasteiger charge is -2.27. The lowest BCUT2D eigenvalue weighted by molar-refractivity contribution is -0.897. The summed E-state index contributed by atoms with van der Waals surface area (Å²) >= 11 is 0. The number of nitrogens with two attached hydrogens (primary N) is 1. The van der Waals surface area contributed by atoms with Crippen LogP contribution in [0.4, 0.5) is 5.69 Å². The average molecular weight is 346 g/mol. The van der Waals surface area contributed by atoms with E-state index >= 15 is 0 Å². The zero-order valence-corrected chi connectivity index (χ0v) is 15.9. The first kappa shape index (κ1) is 19.4. The summed E-state index contributed by atoms with van der Waals surface area (Å²) in [4.78, 5) is 25.1. The summed E-state index contributed by atoms with van der Waals surface area (Å²) < 4.78 is 0. The molecule has 1 aromatic rings. The van der Waals surface area contributed by atoms with Crippen molar-refractivity contribution >= 4 is 17.5 Å². The molecule has 2 amide bonds. The molecule has 138 valence electrons. The smallest absolute Gasteiger partial charge is 0.279 e. The predicted molar refractivity (Wildman–Crippen MR) is 101 cm³/mol. The third-order valence-electron chi connectivity index (χ3n) is 5.14. The molecule has 25 heavy (non-hydrogen) atoms. The van der Waals surface area contributed by atoms with Crippen molar-refractivity contribution in [2.24, 2.45) is 11.7 Å². The molecule has 2 rings (SSSR count). The van der Waals surface area contributed by atoms with Gasteiger partial charge in [0.2, 0.25) is 5.91 Å². The number of anilines is 1. The molecule has 0 atom stereocenters. The normalized spacial score (nSPS) is 20.7. The summed E-state index contributed by atoms with van der Waals surface area (Å²) in [5.41, 5.74) is 8.72. The molecular weight excluding hydrogens is 314 g/mol. The molecule has 0 unspecified atom stereocenters. The molecule has 0 saturated carbocycles. The van der Waals surface area contributed by atoms with Crippen LogP contribution in [0, 0.1) is 5.92 Å². The number of amides is 2. The number of hydrogen-bond acceptors (Lipinski definition) is 2. The summed E-state index contributed by atoms with van der Waals surface area (Å²) in [6.07, 6.45) is 1.55. The summed E-state index contributed by atoms with van der Waals surface area (Å²) in [7, 11) is 0. The minimum Gasteiger partial charge on any atom is -0.369 e. The molecule has 4 N–H and O–H groups in total. The van der Waals surface area contributed by atoms with E-state index in [1.54, 1.807) is 0 Å². The zero-order chi connectivity index (χ0) is 18.6. The average Bonchev–Trinajstić information content (AvgIpc) is 2.54. The maximum absolute atomic E-state index is 12.6. The van der Waals surface area contributed by atoms with E-state index in [0.717, 1.165) is 31.6 Å². The van der Waals surface area contributed by atoms with Gasteiger partial charge in [-0.05, 0) is 23.0 Å². The molecule has 1 aromatic carbocycles. The van der Waals surface area contributed by atoms with E-state index in [1.807, 2.05) is 0 Å². The van der Waals surface area contributed by atoms with E-state index in [9.17, 15) is 9.59 Å². The van der Waals surface area contributed by atoms with E-state index in [2.05, 4.69) is 51.2 Å². The van der Waals surface area contributed by atoms with E-state index in [1.165, 1.54) is 16.0 Å². The maximum Gasteiger partial charge on any atom is 0.279 e. The van der Waals surface area contributed by atoms with Gasteiger partial charge in [-0.1, -0.05) is 45.9 Å². The van der Waals surface area contributed by atoms with Gasteiger partial charge in [0.15, 0.2) is 6.54 Å². The standard InChI is InChI=1S/C20H31N3O2/c1-13(2)16-6-5-7-17(14(3)4)19(16)22-18(24)12-23-10-8-15(9-11-23)20(21)25/h5-7,13-15H,8-12H2,1-4H3,(H2,21,25)(H,22,24)/p+1. The van der Waals surface area contributed by atoms with Gasteiger partial charge in [-0.2, -0.15) is 0 Å². The molecular formula is C20H32N3O2+. The Kier molecular flexibility index (Phi) is 6.59. The number of rotatable bonds is 6. The van der Waals surface area contributed by atoms with Crippen LogP contribution >= 0.6 is 0 Å². The molecule has 1 aliphatic rings. The fourth-order valence-electron chi connectivity index (χ4n) is 3.59. The number of quaternary nitrogens is 1. The first-order valence-corrected chi connectivity index (χ1v) is 9.35. The third kappa shape index (κ3) is 5.05. The van der Waals surface area contributed by atoms with Crippen LogP contribution in [0.5, 0.6) is 0 Å². The Morgan fingerprint density at radius 2 is 1.64 bits per heavy atom. The number of likely N-dealkylation sites (tertiary alicyclic amines) is 1. The summed E-state index contributed by atoms with van der Waals surface area (Å²) in [5, 5.41) is 3.17. The lowest BCUT2D eigenvalue weighted by atomic mass is 9.92. The van der Waals surface area contributed by atoms with Crippen molar-refractivity contribution in [2.45, 2.75) is 52.4 Å². The monoisotopic (exact) mass is 346 g/mol. The third-order valence-corrected chi connectivity index (χ3v) is 5.14. The van der Waals surface area contributed by atoms with E-state index in [4.69, 9.17) is 5.73 Å². The highest BCUT2D eigenvalue weighted by atomic mass is 16.2. The second kappa shape index (κ2) is 8.48. The predicted octanol–water partition coefficient (Wildman–Crippen LogP) is 1.65. The van der Waals surface area contributed by atoms with Gasteiger partial charge < -0.3 is 16.0 Å². The Bertz CT molecular complexity index is 591. The van der Waals surface area contributed by atoms with Crippen LogP contribution in [-0.2, 0) is 9.59 Å². The number of piperidine rings is 1. The molecule has 0 radical (unpaired) electrons. The van der Waals surface area contributed by atoms with Crippen LogP contribution in [0.1, 0.15) is 63.5 Å². The van der Waals surface area contributed by atoms with Crippen LogP contribution in [0.2, 0.25) is 0 Å². The van der Waals surface area contributed by atoms with Crippen molar-refractivity contribution in [1.29, 1.82) is 0 Å². The Morgan fingerprint density at radius 3 is 2.08 bits per heavy atom. The first-order valence-electron chi connectivity index (χ1n) is 9.35. The highest BCUT2D eigenvalue weighted by Gasteiger charge is 2.27. The minimum atomic E-state index is -0.212. The quantitative estimate of drug-likeness (QED) is 0.732. The molecule has 5 heteroatoms. The molecule has 1 fully saturated rings. The Hall–Kier alpha value is -1.88. The van der Waals surface area contributed by atoms with Crippen LogP contribution < -0.4 is 16.0 Å². The van der Waals surface area contributed by atoms with Gasteiger partial charge in [-0.3, -0.25) is 9.59 Å². The van der Waals surface area contributed by atoms with Gasteiger partial charge in [-0.25, -0.2) is 0 Å². The van der Waals surface area contributed by atoms with Crippen molar-refractivity contribution in [2.75, 3.05) is 25.0 Å². The van der Waals surface area contributed by atoms with E-state index < -0.39 is 0 Å². The van der Waals surface area contributed by atoms with Gasteiger partial charge in [0, 0.05) is 24.4 Å². The molecule has 1 heterocycles. The Morgan fingerprint density at radius 1 is 1.12 bits per heavy atom. The number of primary amides is 1. The maximum atomic E-state index is 12.6. The Labute approximate surface area is 151 Å². The van der Waals surface area contributed by atoms with Crippen LogP contribution in [0.25, 0.3) is 0 Å². The van der Waals surface area contributed by atoms with Crippen molar-refractivity contribution in [3.63, 3.8) is 0 Å². The van der Waals surface area contributed by atoms with Crippen LogP contribution in [-0.4, -0.2) is 31.4 Å². The minimum absolute atomic E-state index is 0.0268. The summed E-state index contributed by atoms with van der Waals surface area (Å²) in [5.74, 6) is 0.514. The first-order chi connectivity index (χ1) is 11.8. The van der Waals surface area contributed by atoms with Crippen molar-refractivity contribution in [3.05, 3.63) is 29.3 Å². The number of hydrogen-bond donors (Lipinski definition) is 3. The van der Waals surface area contributed by atoms with E-state index in [0.29, 0.717) is 18.4 Å². The molecule has 0 aromatic heterocycles. The SMILES string of the molecule is CC(C)c1cccc(C(C)C)c1NC(=O)C[NH+]1CCC(C(N)=O)CC1. The molecule has 5 nitrogen and oxygen atoms in total. The van der Waals surface area contributed by atoms with Gasteiger partial charge in [-0.15, -0.1) is 0 Å². The largest absolute Gasteiger partial charge is 0.369 e. The number of nitrogens with one attached hydrogen (secondary N) is 2. The summed E-state index contributed by atoms with van der Waals surface area (Å²) in [6, 6.07) is 6.26. The van der Waals surface area contributed by atoms with Gasteiger partial charge in [0.05, 0.1) is 13.1 Å². The highest BCUT2D eigenvalue weighted by Crippen LogP contribution is 2.32. The van der Waals surface area contributed by atoms with Crippen molar-refractivity contribution < 1.29 is 14.5 Å². The molecule has 0 aliphatic carbocycles. The van der Waals surface area contributed by atoms with Gasteiger partial charge in [0.25, 0.3) is 5.91 Å². The number of benzene rings is 1. The fourth-order valence-corrected chi connectivity index (χ4v) is 3.59. The Balaban J connectivity index is 2.04. The summed E-state index contributed by atoms with van der Waals surface area (Å²) in [6.45, 7) is 10.7. The van der Waals surface area contributed by atoms with Gasteiger partial charge >= 0.3 is 0 Å². The topological polar surface area (TPSA) is 76.6 Å². The van der Waals surface area contributed by atoms with E-state index in [-0.39, 0.29) is 17.7 Å². The number of carbonyl (C=O) groups excluding carboxylic acids is 2. The van der Waals surface area contributed by atoms with Gasteiger partial charge in [0.1, 0.15) is 0 Å². The van der Waals surface area contributed by atoms with Crippen molar-refractivity contribution in [3.8, 4) is 0 Å². The molecule has 0 spiro atoms. The van der Waals surface area contributed by atoms with Crippen molar-refractivity contribution in [1.82, 2.24) is 0 Å². The highest BCUT2D eigenvalue weighted by molar-refractivity contribution is 5.93. The lowest BCUT2D eigenvalue weighted by Crippen LogP contribution is -3.14. The zero-order valence-electron chi connectivity index (χ0n) is 15.9. The number of carbonyl (C=O) groups is 2. The van der Waals surface area contributed by atoms with Crippen LogP contribution in [0.15, 0.2) is 18.2 Å². The van der Waals surface area contributed by atoms with Crippen LogP contribution in [0.3, 0.4) is 0 Å². The fraction of sp³-hybridized carbons (Fsp3) is 0.600. The second-order valence-electron chi connectivity index (χ2n) is 7.77. The molecule has 0 bridgehead atoms. The number of para-hydroxylation sites is 1. The molecule has 1 aliphatic heterocycles. The molecule has 1 saturated heterocycles.